The Hall–Kier alpha value is -1.22. The van der Waals surface area contributed by atoms with Gasteiger partial charge >= 0.3 is 37.5 Å². The molecule has 0 saturated carbocycles. The van der Waals surface area contributed by atoms with Crippen molar-refractivity contribution in [3.05, 3.63) is 168 Å². The van der Waals surface area contributed by atoms with E-state index >= 15 is 0 Å². The molecule has 0 spiro atoms. The number of hydrogen-bond donors (Lipinski definition) is 0. The van der Waals surface area contributed by atoms with Gasteiger partial charge in [0.05, 0.1) is 5.34 Å². The number of benzene rings is 4. The van der Waals surface area contributed by atoms with Gasteiger partial charge in [0, 0.05) is 0 Å². The van der Waals surface area contributed by atoms with Gasteiger partial charge in [-0.05, 0) is 21.2 Å². The molecule has 0 heterocycles. The molecule has 222 valence electrons. The van der Waals surface area contributed by atoms with Crippen LogP contribution in [0.25, 0.3) is 0 Å². The van der Waals surface area contributed by atoms with Crippen LogP contribution in [-0.4, -0.2) is 5.34 Å². The van der Waals surface area contributed by atoms with E-state index in [-0.39, 0.29) is 42.8 Å². The van der Waals surface area contributed by atoms with Gasteiger partial charge in [-0.3, -0.25) is 0 Å². The molecule has 6 rings (SSSR count). The first-order chi connectivity index (χ1) is 20.1. The first-order valence-corrected chi connectivity index (χ1v) is 17.4. The molecule has 0 aromatic heterocycles. The van der Waals surface area contributed by atoms with Crippen LogP contribution in [0.3, 0.4) is 0 Å². The van der Waals surface area contributed by atoms with Crippen molar-refractivity contribution in [2.75, 3.05) is 5.34 Å². The molecule has 6 aromatic rings. The number of rotatable bonds is 6. The minimum atomic E-state index is -0.662. The molecule has 0 aliphatic rings. The van der Waals surface area contributed by atoms with Crippen molar-refractivity contribution in [1.29, 1.82) is 0 Å². The van der Waals surface area contributed by atoms with E-state index in [1.165, 1.54) is 26.5 Å². The predicted molar refractivity (Wildman–Crippen MR) is 188 cm³/mol. The normalized spacial score (nSPS) is 10.0. The molecule has 0 bridgehead atoms. The van der Waals surface area contributed by atoms with Gasteiger partial charge in [-0.1, -0.05) is 147 Å². The van der Waals surface area contributed by atoms with Crippen LogP contribution in [0.2, 0.25) is 10.0 Å². The molecular formula is C35H28Cl4FeP2Pd+2. The average molecular weight is 815 g/mol. The maximum Gasteiger partial charge on any atom is 2.00 e. The van der Waals surface area contributed by atoms with Crippen molar-refractivity contribution < 1.29 is 37.5 Å². The average Bonchev–Trinajstić information content (AvgIpc) is 3.67. The maximum absolute atomic E-state index is 6.39. The molecule has 0 unspecified atom stereocenters. The first-order valence-electron chi connectivity index (χ1n) is 12.9. The fourth-order valence-corrected chi connectivity index (χ4v) is 9.54. The molecule has 8 heteroatoms. The van der Waals surface area contributed by atoms with Gasteiger partial charge in [0.15, 0.2) is 0 Å². The fraction of sp³-hybridized carbons (Fsp3) is 0.0286. The van der Waals surface area contributed by atoms with Crippen LogP contribution in [0.15, 0.2) is 158 Å². The minimum Gasteiger partial charge on any atom is -0.206 e. The first kappa shape index (κ1) is 38.0. The summed E-state index contributed by atoms with van der Waals surface area (Å²) in [4.78, 5) is 0. The summed E-state index contributed by atoms with van der Waals surface area (Å²) in [6, 6.07) is 55.1. The topological polar surface area (TPSA) is 0 Å². The molecule has 0 aliphatic heterocycles. The Morgan fingerprint density at radius 2 is 0.930 bits per heavy atom. The summed E-state index contributed by atoms with van der Waals surface area (Å²) in [6.07, 6.45) is 0. The van der Waals surface area contributed by atoms with E-state index in [1.54, 1.807) is 0 Å². The van der Waals surface area contributed by atoms with E-state index < -0.39 is 15.8 Å². The third-order valence-electron chi connectivity index (χ3n) is 6.02. The van der Waals surface area contributed by atoms with Crippen LogP contribution in [0.4, 0.5) is 0 Å². The summed E-state index contributed by atoms with van der Waals surface area (Å²) in [7, 11) is -1.07. The molecule has 0 aliphatic carbocycles. The fourth-order valence-electron chi connectivity index (χ4n) is 4.29. The quantitative estimate of drug-likeness (QED) is 0.0682. The largest absolute Gasteiger partial charge is 2.00 e. The number of halogens is 4. The maximum atomic E-state index is 6.39. The molecule has 43 heavy (non-hydrogen) atoms. The standard InChI is InChI=1S/C17H12Cl2P.C17H14P.CH2Cl2.Fe.Pd/c18-15-11-12-16(17(15)19)20(13-7-3-1-4-8-13)14-9-5-2-6-10-14;1-3-9-15(10-4-1)18(17-13-7-8-14-17)16-11-5-2-6-12-16;2-1-3;;/h1-12H;1-14H;1H2;;/q2*-1;;2*+2. The second-order valence-corrected chi connectivity index (χ2v) is 14.6. The van der Waals surface area contributed by atoms with E-state index in [2.05, 4.69) is 133 Å². The summed E-state index contributed by atoms with van der Waals surface area (Å²) in [6.45, 7) is 0. The number of hydrogen-bond acceptors (Lipinski definition) is 0. The Morgan fingerprint density at radius 1 is 0.558 bits per heavy atom. The van der Waals surface area contributed by atoms with Gasteiger partial charge in [-0.25, -0.2) is 12.1 Å². The molecule has 0 N–H and O–H groups in total. The van der Waals surface area contributed by atoms with Crippen molar-refractivity contribution in [2.24, 2.45) is 0 Å². The molecule has 0 amide bonds. The zero-order valence-electron chi connectivity index (χ0n) is 22.8. The Balaban J connectivity index is 0.000000265. The molecule has 0 radical (unpaired) electrons. The van der Waals surface area contributed by atoms with Gasteiger partial charge < -0.3 is 0 Å². The zero-order chi connectivity index (χ0) is 28.9. The van der Waals surface area contributed by atoms with Crippen molar-refractivity contribution >= 4 is 94.1 Å². The van der Waals surface area contributed by atoms with Crippen molar-refractivity contribution in [3.63, 3.8) is 0 Å². The van der Waals surface area contributed by atoms with E-state index in [1.807, 2.05) is 24.3 Å². The molecule has 0 fully saturated rings. The van der Waals surface area contributed by atoms with Crippen molar-refractivity contribution in [3.8, 4) is 0 Å². The van der Waals surface area contributed by atoms with E-state index in [0.29, 0.717) is 10.0 Å². The van der Waals surface area contributed by atoms with E-state index in [4.69, 9.17) is 46.4 Å². The van der Waals surface area contributed by atoms with Gasteiger partial charge in [0.2, 0.25) is 0 Å². The van der Waals surface area contributed by atoms with Crippen LogP contribution >= 0.6 is 62.2 Å². The van der Waals surface area contributed by atoms with Crippen molar-refractivity contribution in [1.82, 2.24) is 0 Å². The zero-order valence-corrected chi connectivity index (χ0v) is 30.3. The van der Waals surface area contributed by atoms with Crippen molar-refractivity contribution in [2.45, 2.75) is 0 Å². The van der Waals surface area contributed by atoms with Gasteiger partial charge in [0.1, 0.15) is 0 Å². The van der Waals surface area contributed by atoms with Crippen LogP contribution in [0.1, 0.15) is 0 Å². The minimum absolute atomic E-state index is 0. The molecule has 0 atom stereocenters. The van der Waals surface area contributed by atoms with Crippen LogP contribution in [-0.2, 0) is 37.5 Å². The third kappa shape index (κ3) is 11.0. The molecular weight excluding hydrogens is 786 g/mol. The Morgan fingerprint density at radius 3 is 1.23 bits per heavy atom. The summed E-state index contributed by atoms with van der Waals surface area (Å²) in [5.41, 5.74) is 0. The second-order valence-electron chi connectivity index (χ2n) is 8.64. The van der Waals surface area contributed by atoms with Gasteiger partial charge in [-0.2, -0.15) is 41.2 Å². The number of alkyl halides is 2. The summed E-state index contributed by atoms with van der Waals surface area (Å²) in [5, 5.41) is 9.39. The van der Waals surface area contributed by atoms with Gasteiger partial charge in [0.25, 0.3) is 0 Å². The Kier molecular flexibility index (Phi) is 18.3. The predicted octanol–water partition coefficient (Wildman–Crippen LogP) is 9.05. The van der Waals surface area contributed by atoms with Crippen LogP contribution in [0.5, 0.6) is 0 Å². The summed E-state index contributed by atoms with van der Waals surface area (Å²) < 4.78 is 0. The monoisotopic (exact) mass is 812 g/mol. The molecule has 0 saturated heterocycles. The second kappa shape index (κ2) is 20.7. The van der Waals surface area contributed by atoms with Crippen LogP contribution in [0, 0.1) is 0 Å². The van der Waals surface area contributed by atoms with Gasteiger partial charge in [-0.15, -0.1) is 40.1 Å². The molecule has 6 aromatic carbocycles. The SMILES string of the molecule is ClCCl.Clc1c(P(c2ccccc2)c2ccccc2)cc[c-]1Cl.[Fe+2].[Pd+2].c1ccc(P(c2ccccc2)c2cc[cH-]c2)cc1. The smallest absolute Gasteiger partial charge is 0.206 e. The molecule has 0 nitrogen and oxygen atoms in total. The van der Waals surface area contributed by atoms with E-state index in [9.17, 15) is 0 Å². The summed E-state index contributed by atoms with van der Waals surface area (Å²) >= 11 is 22.0. The van der Waals surface area contributed by atoms with Crippen LogP contribution < -0.4 is 31.8 Å². The third-order valence-corrected chi connectivity index (χ3v) is 11.9. The Bertz CT molecular complexity index is 1470. The summed E-state index contributed by atoms with van der Waals surface area (Å²) in [5.74, 6) is 0. The van der Waals surface area contributed by atoms with E-state index in [0.717, 1.165) is 5.30 Å². The Labute approximate surface area is 302 Å².